The highest BCUT2D eigenvalue weighted by Gasteiger charge is 2.21. The molecule has 0 aromatic heterocycles. The molecule has 0 saturated carbocycles. The zero-order valence-corrected chi connectivity index (χ0v) is 13.2. The highest BCUT2D eigenvalue weighted by molar-refractivity contribution is 7.89. The summed E-state index contributed by atoms with van der Waals surface area (Å²) in [5.74, 6) is -0.0458. The fraction of sp³-hybridized carbons (Fsp3) is 0.500. The van der Waals surface area contributed by atoms with Crippen LogP contribution in [-0.4, -0.2) is 63.9 Å². The van der Waals surface area contributed by atoms with E-state index >= 15 is 0 Å². The molecule has 0 unspecified atom stereocenters. The molecule has 1 aliphatic rings. The molecule has 0 spiro atoms. The second-order valence-corrected chi connectivity index (χ2v) is 6.89. The van der Waals surface area contributed by atoms with Gasteiger partial charge >= 0.3 is 0 Å². The first-order valence-corrected chi connectivity index (χ1v) is 8.50. The molecule has 0 aliphatic carbocycles. The van der Waals surface area contributed by atoms with Crippen LogP contribution in [0.15, 0.2) is 29.2 Å². The van der Waals surface area contributed by atoms with Crippen LogP contribution in [0.5, 0.6) is 0 Å². The summed E-state index contributed by atoms with van der Waals surface area (Å²) < 4.78 is 26.1. The predicted octanol–water partition coefficient (Wildman–Crippen LogP) is 0.372. The lowest BCUT2D eigenvalue weighted by atomic mass is 10.2. The molecule has 6 nitrogen and oxygen atoms in total. The van der Waals surface area contributed by atoms with Gasteiger partial charge in [0.25, 0.3) is 5.91 Å². The van der Waals surface area contributed by atoms with Crippen molar-refractivity contribution in [1.29, 1.82) is 0 Å². The van der Waals surface area contributed by atoms with E-state index in [4.69, 9.17) is 0 Å². The largest absolute Gasteiger partial charge is 0.336 e. The molecule has 21 heavy (non-hydrogen) atoms. The summed E-state index contributed by atoms with van der Waals surface area (Å²) in [6.45, 7) is 5.18. The average molecular weight is 311 g/mol. The first-order valence-electron chi connectivity index (χ1n) is 7.01. The number of nitrogens with zero attached hydrogens (tertiary/aromatic N) is 2. The summed E-state index contributed by atoms with van der Waals surface area (Å²) in [6, 6.07) is 6.10. The molecular weight excluding hydrogens is 290 g/mol. The smallest absolute Gasteiger partial charge is 0.253 e. The molecule has 1 fully saturated rings. The number of likely N-dealkylation sites (N-methyl/N-ethyl adjacent to an activating group) is 1. The Labute approximate surface area is 125 Å². The van der Waals surface area contributed by atoms with E-state index in [9.17, 15) is 13.2 Å². The molecule has 0 atom stereocenters. The van der Waals surface area contributed by atoms with Gasteiger partial charge in [-0.2, -0.15) is 0 Å². The SMILES string of the molecule is CCNS(=O)(=O)c1ccc(C(=O)N2CCN(C)CC2)cc1. The molecule has 2 rings (SSSR count). The van der Waals surface area contributed by atoms with Crippen molar-refractivity contribution in [3.05, 3.63) is 29.8 Å². The molecule has 1 saturated heterocycles. The lowest BCUT2D eigenvalue weighted by Crippen LogP contribution is -2.47. The molecule has 1 N–H and O–H groups in total. The Morgan fingerprint density at radius 2 is 1.71 bits per heavy atom. The van der Waals surface area contributed by atoms with Crippen LogP contribution in [0.25, 0.3) is 0 Å². The molecule has 1 heterocycles. The first-order chi connectivity index (χ1) is 9.94. The maximum atomic E-state index is 12.3. The first kappa shape index (κ1) is 15.9. The minimum absolute atomic E-state index is 0.0458. The number of carbonyl (C=O) groups is 1. The van der Waals surface area contributed by atoms with E-state index < -0.39 is 10.0 Å². The third-order valence-electron chi connectivity index (χ3n) is 3.54. The zero-order valence-electron chi connectivity index (χ0n) is 12.4. The second-order valence-electron chi connectivity index (χ2n) is 5.12. The van der Waals surface area contributed by atoms with Crippen molar-refractivity contribution in [2.24, 2.45) is 0 Å². The Morgan fingerprint density at radius 3 is 2.24 bits per heavy atom. The maximum absolute atomic E-state index is 12.3. The number of piperazine rings is 1. The normalized spacial score (nSPS) is 17.0. The molecule has 1 aliphatic heterocycles. The van der Waals surface area contributed by atoms with Crippen molar-refractivity contribution in [2.45, 2.75) is 11.8 Å². The molecule has 7 heteroatoms. The maximum Gasteiger partial charge on any atom is 0.253 e. The minimum Gasteiger partial charge on any atom is -0.336 e. The number of carbonyl (C=O) groups excluding carboxylic acids is 1. The molecule has 1 amide bonds. The molecular formula is C14H21N3O3S. The molecule has 0 bridgehead atoms. The zero-order chi connectivity index (χ0) is 15.5. The van der Waals surface area contributed by atoms with Crippen LogP contribution in [0, 0.1) is 0 Å². The Morgan fingerprint density at radius 1 is 1.14 bits per heavy atom. The van der Waals surface area contributed by atoms with Crippen molar-refractivity contribution < 1.29 is 13.2 Å². The predicted molar refractivity (Wildman–Crippen MR) is 80.7 cm³/mol. The highest BCUT2D eigenvalue weighted by Crippen LogP contribution is 2.13. The van der Waals surface area contributed by atoms with Crippen LogP contribution in [-0.2, 0) is 10.0 Å². The van der Waals surface area contributed by atoms with Gasteiger partial charge in [0.1, 0.15) is 0 Å². The number of rotatable bonds is 4. The Balaban J connectivity index is 2.10. The highest BCUT2D eigenvalue weighted by atomic mass is 32.2. The molecule has 0 radical (unpaired) electrons. The van der Waals surface area contributed by atoms with Gasteiger partial charge in [-0.15, -0.1) is 0 Å². The van der Waals surface area contributed by atoms with E-state index in [-0.39, 0.29) is 10.8 Å². The molecule has 116 valence electrons. The molecule has 1 aromatic rings. The van der Waals surface area contributed by atoms with Gasteiger partial charge in [-0.3, -0.25) is 4.79 Å². The lowest BCUT2D eigenvalue weighted by molar-refractivity contribution is 0.0664. The third-order valence-corrected chi connectivity index (χ3v) is 5.10. The van der Waals surface area contributed by atoms with E-state index in [1.807, 2.05) is 7.05 Å². The number of benzene rings is 1. The lowest BCUT2D eigenvalue weighted by Gasteiger charge is -2.32. The quantitative estimate of drug-likeness (QED) is 0.872. The van der Waals surface area contributed by atoms with Gasteiger partial charge in [-0.1, -0.05) is 6.92 Å². The Hall–Kier alpha value is -1.44. The van der Waals surface area contributed by atoms with E-state index in [1.165, 1.54) is 12.1 Å². The van der Waals surface area contributed by atoms with Gasteiger partial charge in [0.05, 0.1) is 4.90 Å². The van der Waals surface area contributed by atoms with Gasteiger partial charge in [0, 0.05) is 38.3 Å². The Bertz CT molecular complexity index is 590. The van der Waals surface area contributed by atoms with Crippen molar-refractivity contribution in [1.82, 2.24) is 14.5 Å². The van der Waals surface area contributed by atoms with Crippen molar-refractivity contribution in [3.8, 4) is 0 Å². The van der Waals surface area contributed by atoms with Crippen LogP contribution >= 0.6 is 0 Å². The summed E-state index contributed by atoms with van der Waals surface area (Å²) in [5.41, 5.74) is 0.523. The summed E-state index contributed by atoms with van der Waals surface area (Å²) in [4.78, 5) is 16.5. The van der Waals surface area contributed by atoms with Crippen molar-refractivity contribution in [2.75, 3.05) is 39.8 Å². The Kier molecular flexibility index (Phi) is 4.97. The topological polar surface area (TPSA) is 69.7 Å². The summed E-state index contributed by atoms with van der Waals surface area (Å²) in [6.07, 6.45) is 0. The number of nitrogens with one attached hydrogen (secondary N) is 1. The van der Waals surface area contributed by atoms with Gasteiger partial charge in [-0.25, -0.2) is 13.1 Å². The summed E-state index contributed by atoms with van der Waals surface area (Å²) in [7, 11) is -1.44. The summed E-state index contributed by atoms with van der Waals surface area (Å²) in [5, 5.41) is 0. The van der Waals surface area contributed by atoms with Crippen molar-refractivity contribution in [3.63, 3.8) is 0 Å². The van der Waals surface area contributed by atoms with Gasteiger partial charge in [0.2, 0.25) is 10.0 Å². The van der Waals surface area contributed by atoms with E-state index in [1.54, 1.807) is 24.0 Å². The molecule has 1 aromatic carbocycles. The second kappa shape index (κ2) is 6.55. The monoisotopic (exact) mass is 311 g/mol. The number of sulfonamides is 1. The fourth-order valence-corrected chi connectivity index (χ4v) is 3.28. The standard InChI is InChI=1S/C14H21N3O3S/c1-3-15-21(19,20)13-6-4-12(5-7-13)14(18)17-10-8-16(2)9-11-17/h4-7,15H,3,8-11H2,1-2H3. The van der Waals surface area contributed by atoms with Crippen molar-refractivity contribution >= 4 is 15.9 Å². The number of hydrogen-bond acceptors (Lipinski definition) is 4. The number of hydrogen-bond donors (Lipinski definition) is 1. The fourth-order valence-electron chi connectivity index (χ4n) is 2.24. The van der Waals surface area contributed by atoms with Gasteiger partial charge in [-0.05, 0) is 31.3 Å². The van der Waals surface area contributed by atoms with Crippen LogP contribution in [0.2, 0.25) is 0 Å². The van der Waals surface area contributed by atoms with E-state index in [2.05, 4.69) is 9.62 Å². The minimum atomic E-state index is -3.47. The third kappa shape index (κ3) is 3.81. The van der Waals surface area contributed by atoms with E-state index in [0.29, 0.717) is 25.2 Å². The van der Waals surface area contributed by atoms with Crippen LogP contribution in [0.4, 0.5) is 0 Å². The van der Waals surface area contributed by atoms with Gasteiger partial charge in [0.15, 0.2) is 0 Å². The van der Waals surface area contributed by atoms with E-state index in [0.717, 1.165) is 13.1 Å². The average Bonchev–Trinajstić information content (AvgIpc) is 2.47. The van der Waals surface area contributed by atoms with Crippen LogP contribution in [0.1, 0.15) is 17.3 Å². The van der Waals surface area contributed by atoms with Crippen LogP contribution < -0.4 is 4.72 Å². The number of amides is 1. The van der Waals surface area contributed by atoms with Gasteiger partial charge < -0.3 is 9.80 Å². The van der Waals surface area contributed by atoms with Crippen LogP contribution in [0.3, 0.4) is 0 Å². The summed E-state index contributed by atoms with van der Waals surface area (Å²) >= 11 is 0.